The Bertz CT molecular complexity index is 392. The number of nitrogens with zero attached hydrogens (tertiary/aromatic N) is 1. The lowest BCUT2D eigenvalue weighted by molar-refractivity contribution is 0.420. The van der Waals surface area contributed by atoms with E-state index in [1.165, 1.54) is 0 Å². The summed E-state index contributed by atoms with van der Waals surface area (Å²) < 4.78 is 5.17. The first-order valence-corrected chi connectivity index (χ1v) is 3.70. The molecule has 0 saturated carbocycles. The maximum absolute atomic E-state index is 5.17. The van der Waals surface area contributed by atoms with Gasteiger partial charge in [0.1, 0.15) is 5.75 Å². The molecule has 12 heavy (non-hydrogen) atoms. The normalized spacial score (nSPS) is 10.1. The zero-order valence-electron chi connectivity index (χ0n) is 6.74. The van der Waals surface area contributed by atoms with Crippen LogP contribution in [0.4, 0.5) is 0 Å². The number of rotatable bonds is 1. The van der Waals surface area contributed by atoms with Crippen molar-refractivity contribution in [1.82, 2.24) is 4.98 Å². The molecule has 1 heterocycles. The lowest BCUT2D eigenvalue weighted by Crippen LogP contribution is -1.85. The minimum absolute atomic E-state index is 0.844. The Labute approximate surface area is 70.8 Å². The van der Waals surface area contributed by atoms with E-state index in [1.54, 1.807) is 13.3 Å². The van der Waals surface area contributed by atoms with Gasteiger partial charge in [-0.15, -0.1) is 0 Å². The van der Waals surface area contributed by atoms with Gasteiger partial charge in [0.05, 0.1) is 12.6 Å². The van der Waals surface area contributed by atoms with Crippen LogP contribution >= 0.6 is 0 Å². The topological polar surface area (TPSA) is 22.1 Å². The number of hydrogen-bond donors (Lipinski definition) is 0. The Morgan fingerprint density at radius 2 is 2.33 bits per heavy atom. The van der Waals surface area contributed by atoms with E-state index < -0.39 is 0 Å². The number of fused-ring (bicyclic) bond motifs is 1. The Morgan fingerprint density at radius 3 is 3.17 bits per heavy atom. The quantitative estimate of drug-likeness (QED) is 0.633. The number of benzene rings is 1. The second-order valence-electron chi connectivity index (χ2n) is 2.46. The van der Waals surface area contributed by atoms with Gasteiger partial charge < -0.3 is 4.74 Å². The molecule has 1 radical (unpaired) electrons. The van der Waals surface area contributed by atoms with Crippen LogP contribution in [-0.2, 0) is 0 Å². The Balaban J connectivity index is 2.79. The third kappa shape index (κ3) is 1.01. The number of aromatic nitrogens is 1. The highest BCUT2D eigenvalue weighted by Gasteiger charge is 1.98. The average molecular weight is 158 g/mol. The summed E-state index contributed by atoms with van der Waals surface area (Å²) in [6.45, 7) is 0. The predicted molar refractivity (Wildman–Crippen MR) is 47.1 cm³/mol. The molecule has 2 aromatic rings. The van der Waals surface area contributed by atoms with Gasteiger partial charge in [-0.25, -0.2) is 0 Å². The maximum atomic E-state index is 5.17. The van der Waals surface area contributed by atoms with Crippen LogP contribution in [0.2, 0.25) is 0 Å². The number of methoxy groups -OCH3 is 1. The van der Waals surface area contributed by atoms with Crippen molar-refractivity contribution in [2.75, 3.05) is 7.11 Å². The molecule has 0 bridgehead atoms. The standard InChI is InChI=1S/C10H8NO/c1-12-10-6-2-5-9-8(10)4-3-7-11-9/h2,4-7H,1H3. The van der Waals surface area contributed by atoms with Crippen molar-refractivity contribution < 1.29 is 4.74 Å². The van der Waals surface area contributed by atoms with Gasteiger partial charge in [-0.2, -0.15) is 0 Å². The van der Waals surface area contributed by atoms with Gasteiger partial charge in [-0.05, 0) is 18.2 Å². The molecule has 0 aliphatic heterocycles. The highest BCUT2D eigenvalue weighted by atomic mass is 16.5. The summed E-state index contributed by atoms with van der Waals surface area (Å²) in [7, 11) is 1.65. The van der Waals surface area contributed by atoms with Gasteiger partial charge in [-0.1, -0.05) is 6.07 Å². The molecule has 0 aliphatic rings. The van der Waals surface area contributed by atoms with Crippen molar-refractivity contribution in [3.63, 3.8) is 0 Å². The molecule has 0 atom stereocenters. The third-order valence-electron chi connectivity index (χ3n) is 1.77. The van der Waals surface area contributed by atoms with E-state index in [0.29, 0.717) is 0 Å². The molecule has 1 aromatic carbocycles. The summed E-state index contributed by atoms with van der Waals surface area (Å²) in [4.78, 5) is 4.15. The molecule has 1 aromatic heterocycles. The maximum Gasteiger partial charge on any atom is 0.128 e. The highest BCUT2D eigenvalue weighted by Crippen LogP contribution is 2.22. The van der Waals surface area contributed by atoms with E-state index in [2.05, 4.69) is 11.1 Å². The molecule has 0 aliphatic carbocycles. The Kier molecular flexibility index (Phi) is 1.67. The van der Waals surface area contributed by atoms with E-state index in [4.69, 9.17) is 4.74 Å². The molecule has 2 rings (SSSR count). The van der Waals surface area contributed by atoms with E-state index >= 15 is 0 Å². The first-order chi connectivity index (χ1) is 5.92. The monoisotopic (exact) mass is 158 g/mol. The molecule has 0 saturated heterocycles. The fourth-order valence-corrected chi connectivity index (χ4v) is 1.20. The molecule has 59 valence electrons. The number of hydrogen-bond acceptors (Lipinski definition) is 2. The first kappa shape index (κ1) is 7.10. The summed E-state index contributed by atoms with van der Waals surface area (Å²) in [5.74, 6) is 0.844. The minimum atomic E-state index is 0.844. The molecule has 0 fully saturated rings. The van der Waals surface area contributed by atoms with Crippen LogP contribution in [0.3, 0.4) is 0 Å². The number of pyridine rings is 1. The molecule has 0 unspecified atom stereocenters. The van der Waals surface area contributed by atoms with Crippen LogP contribution < -0.4 is 4.74 Å². The van der Waals surface area contributed by atoms with Gasteiger partial charge in [0.2, 0.25) is 0 Å². The van der Waals surface area contributed by atoms with Crippen LogP contribution in [0.25, 0.3) is 10.9 Å². The van der Waals surface area contributed by atoms with Crippen molar-refractivity contribution >= 4 is 10.9 Å². The van der Waals surface area contributed by atoms with Crippen molar-refractivity contribution in [3.8, 4) is 5.75 Å². The SMILES string of the molecule is COc1cccc2nc[c]cc12. The van der Waals surface area contributed by atoms with Gasteiger partial charge in [-0.3, -0.25) is 4.98 Å². The van der Waals surface area contributed by atoms with Crippen molar-refractivity contribution in [2.24, 2.45) is 0 Å². The fraction of sp³-hybridized carbons (Fsp3) is 0.100. The third-order valence-corrected chi connectivity index (χ3v) is 1.77. The largest absolute Gasteiger partial charge is 0.496 e. The van der Waals surface area contributed by atoms with E-state index in [9.17, 15) is 0 Å². The number of ether oxygens (including phenoxy) is 1. The second-order valence-corrected chi connectivity index (χ2v) is 2.46. The highest BCUT2D eigenvalue weighted by molar-refractivity contribution is 5.84. The van der Waals surface area contributed by atoms with E-state index in [1.807, 2.05) is 24.3 Å². The van der Waals surface area contributed by atoms with E-state index in [-0.39, 0.29) is 0 Å². The van der Waals surface area contributed by atoms with Crippen molar-refractivity contribution in [3.05, 3.63) is 36.5 Å². The van der Waals surface area contributed by atoms with Gasteiger partial charge in [0, 0.05) is 17.6 Å². The van der Waals surface area contributed by atoms with E-state index in [0.717, 1.165) is 16.7 Å². The first-order valence-electron chi connectivity index (χ1n) is 3.70. The molecule has 0 amide bonds. The smallest absolute Gasteiger partial charge is 0.128 e. The molecule has 2 heteroatoms. The average Bonchev–Trinajstić information content (AvgIpc) is 2.17. The molecule has 2 nitrogen and oxygen atoms in total. The molecular formula is C10H8NO. The summed E-state index contributed by atoms with van der Waals surface area (Å²) in [5, 5.41) is 1.00. The summed E-state index contributed by atoms with van der Waals surface area (Å²) in [6.07, 6.45) is 1.65. The fourth-order valence-electron chi connectivity index (χ4n) is 1.20. The minimum Gasteiger partial charge on any atom is -0.496 e. The Morgan fingerprint density at radius 1 is 1.42 bits per heavy atom. The van der Waals surface area contributed by atoms with Crippen LogP contribution in [0.1, 0.15) is 0 Å². The second kappa shape index (κ2) is 2.81. The zero-order chi connectivity index (χ0) is 8.39. The molecule has 0 N–H and O–H groups in total. The van der Waals surface area contributed by atoms with Crippen LogP contribution in [-0.4, -0.2) is 12.1 Å². The summed E-state index contributed by atoms with van der Waals surface area (Å²) >= 11 is 0. The van der Waals surface area contributed by atoms with Crippen LogP contribution in [0.5, 0.6) is 5.75 Å². The predicted octanol–water partition coefficient (Wildman–Crippen LogP) is 2.04. The van der Waals surface area contributed by atoms with Gasteiger partial charge in [0.25, 0.3) is 0 Å². The summed E-state index contributed by atoms with van der Waals surface area (Å²) in [5.41, 5.74) is 0.938. The van der Waals surface area contributed by atoms with Gasteiger partial charge >= 0.3 is 0 Å². The summed E-state index contributed by atoms with van der Waals surface area (Å²) in [6, 6.07) is 10.6. The van der Waals surface area contributed by atoms with Crippen molar-refractivity contribution in [1.29, 1.82) is 0 Å². The van der Waals surface area contributed by atoms with Gasteiger partial charge in [0.15, 0.2) is 0 Å². The zero-order valence-corrected chi connectivity index (χ0v) is 6.74. The Hall–Kier alpha value is -1.57. The van der Waals surface area contributed by atoms with Crippen molar-refractivity contribution in [2.45, 2.75) is 0 Å². The van der Waals surface area contributed by atoms with Crippen LogP contribution in [0.15, 0.2) is 30.5 Å². The lowest BCUT2D eigenvalue weighted by atomic mass is 10.2. The lowest BCUT2D eigenvalue weighted by Gasteiger charge is -2.02. The van der Waals surface area contributed by atoms with Crippen LogP contribution in [0, 0.1) is 6.07 Å². The molecule has 0 spiro atoms. The molecular weight excluding hydrogens is 150 g/mol.